The molecular formula is C19H33N3O. The van der Waals surface area contributed by atoms with Gasteiger partial charge in [-0.05, 0) is 71.2 Å². The van der Waals surface area contributed by atoms with Gasteiger partial charge in [0.1, 0.15) is 5.75 Å². The van der Waals surface area contributed by atoms with Crippen molar-refractivity contribution >= 4 is 5.69 Å². The minimum atomic E-state index is 0.156. The zero-order chi connectivity index (χ0) is 16.9. The van der Waals surface area contributed by atoms with Crippen molar-refractivity contribution < 1.29 is 4.74 Å². The van der Waals surface area contributed by atoms with Crippen LogP contribution in [0.2, 0.25) is 0 Å². The van der Waals surface area contributed by atoms with Crippen LogP contribution in [-0.2, 0) is 0 Å². The summed E-state index contributed by atoms with van der Waals surface area (Å²) in [5, 5.41) is 0. The number of methoxy groups -OCH3 is 1. The van der Waals surface area contributed by atoms with Crippen LogP contribution in [0, 0.1) is 0 Å². The first-order valence-electron chi connectivity index (χ1n) is 8.79. The number of ether oxygens (including phenoxy) is 1. The quantitative estimate of drug-likeness (QED) is 0.769. The highest BCUT2D eigenvalue weighted by Gasteiger charge is 2.33. The Morgan fingerprint density at radius 3 is 2.43 bits per heavy atom. The average Bonchev–Trinajstić information content (AvgIpc) is 2.54. The van der Waals surface area contributed by atoms with Crippen LogP contribution in [0.5, 0.6) is 5.75 Å². The van der Waals surface area contributed by atoms with Gasteiger partial charge in [-0.2, -0.15) is 0 Å². The van der Waals surface area contributed by atoms with E-state index in [1.54, 1.807) is 7.11 Å². The summed E-state index contributed by atoms with van der Waals surface area (Å²) < 4.78 is 5.27. The maximum absolute atomic E-state index is 5.27. The fourth-order valence-corrected chi connectivity index (χ4v) is 3.41. The third-order valence-electron chi connectivity index (χ3n) is 4.92. The summed E-state index contributed by atoms with van der Waals surface area (Å²) in [6, 6.07) is 8.45. The molecule has 1 aromatic carbocycles. The molecule has 0 atom stereocenters. The monoisotopic (exact) mass is 319 g/mol. The summed E-state index contributed by atoms with van der Waals surface area (Å²) in [5.74, 6) is 0.922. The van der Waals surface area contributed by atoms with Crippen molar-refractivity contribution in [3.63, 3.8) is 0 Å². The lowest BCUT2D eigenvalue weighted by Gasteiger charge is -2.48. The van der Waals surface area contributed by atoms with Gasteiger partial charge in [-0.1, -0.05) is 6.92 Å². The lowest BCUT2D eigenvalue weighted by atomic mass is 9.97. The summed E-state index contributed by atoms with van der Waals surface area (Å²) in [4.78, 5) is 7.53. The van der Waals surface area contributed by atoms with Gasteiger partial charge in [0.15, 0.2) is 0 Å². The first-order valence-corrected chi connectivity index (χ1v) is 8.79. The van der Waals surface area contributed by atoms with E-state index in [4.69, 9.17) is 4.74 Å². The molecule has 2 rings (SSSR count). The molecule has 0 unspecified atom stereocenters. The summed E-state index contributed by atoms with van der Waals surface area (Å²) >= 11 is 0. The van der Waals surface area contributed by atoms with Gasteiger partial charge in [0.25, 0.3) is 0 Å². The predicted molar refractivity (Wildman–Crippen MR) is 98.6 cm³/mol. The summed E-state index contributed by atoms with van der Waals surface area (Å²) in [7, 11) is 3.92. The molecule has 0 radical (unpaired) electrons. The fraction of sp³-hybridized carbons (Fsp3) is 0.684. The Bertz CT molecular complexity index is 472. The SMILES string of the molecule is CCN(C)CCCN1CCN(c2ccc(OC)cc2)C(C)(C)C1. The summed E-state index contributed by atoms with van der Waals surface area (Å²) in [6.45, 7) is 13.8. The second-order valence-electron chi connectivity index (χ2n) is 7.19. The zero-order valence-electron chi connectivity index (χ0n) is 15.5. The van der Waals surface area contributed by atoms with Gasteiger partial charge in [-0.25, -0.2) is 0 Å². The predicted octanol–water partition coefficient (Wildman–Crippen LogP) is 2.94. The molecule has 4 nitrogen and oxygen atoms in total. The topological polar surface area (TPSA) is 19.0 Å². The van der Waals surface area contributed by atoms with Gasteiger partial charge in [0.05, 0.1) is 7.11 Å². The largest absolute Gasteiger partial charge is 0.497 e. The highest BCUT2D eigenvalue weighted by molar-refractivity contribution is 5.51. The molecule has 0 N–H and O–H groups in total. The Labute approximate surface area is 142 Å². The van der Waals surface area contributed by atoms with Gasteiger partial charge < -0.3 is 14.5 Å². The lowest BCUT2D eigenvalue weighted by Crippen LogP contribution is -2.59. The molecule has 1 aliphatic heterocycles. The van der Waals surface area contributed by atoms with Crippen molar-refractivity contribution in [1.82, 2.24) is 9.80 Å². The third kappa shape index (κ3) is 4.85. The number of hydrogen-bond donors (Lipinski definition) is 0. The van der Waals surface area contributed by atoms with Gasteiger partial charge in [-0.15, -0.1) is 0 Å². The first kappa shape index (κ1) is 18.1. The van der Waals surface area contributed by atoms with Gasteiger partial charge in [-0.3, -0.25) is 4.90 Å². The van der Waals surface area contributed by atoms with Crippen molar-refractivity contribution in [3.8, 4) is 5.75 Å². The number of anilines is 1. The van der Waals surface area contributed by atoms with Crippen LogP contribution in [0.25, 0.3) is 0 Å². The van der Waals surface area contributed by atoms with Crippen molar-refractivity contribution in [2.75, 3.05) is 58.3 Å². The molecule has 0 amide bonds. The summed E-state index contributed by atoms with van der Waals surface area (Å²) in [5.41, 5.74) is 1.45. The number of benzene rings is 1. The van der Waals surface area contributed by atoms with Crippen LogP contribution in [0.3, 0.4) is 0 Å². The Balaban J connectivity index is 1.91. The van der Waals surface area contributed by atoms with Crippen molar-refractivity contribution in [2.24, 2.45) is 0 Å². The van der Waals surface area contributed by atoms with E-state index < -0.39 is 0 Å². The van der Waals surface area contributed by atoms with E-state index in [2.05, 4.69) is 66.8 Å². The van der Waals surface area contributed by atoms with Crippen LogP contribution in [0.4, 0.5) is 5.69 Å². The number of piperazine rings is 1. The van der Waals surface area contributed by atoms with Crippen molar-refractivity contribution in [2.45, 2.75) is 32.7 Å². The maximum Gasteiger partial charge on any atom is 0.119 e. The molecule has 0 bridgehead atoms. The molecular weight excluding hydrogens is 286 g/mol. The molecule has 0 aliphatic carbocycles. The molecule has 1 aliphatic rings. The second-order valence-corrected chi connectivity index (χ2v) is 7.19. The summed E-state index contributed by atoms with van der Waals surface area (Å²) in [6.07, 6.45) is 1.25. The average molecular weight is 319 g/mol. The lowest BCUT2D eigenvalue weighted by molar-refractivity contribution is 0.174. The van der Waals surface area contributed by atoms with Crippen LogP contribution >= 0.6 is 0 Å². The minimum absolute atomic E-state index is 0.156. The van der Waals surface area contributed by atoms with E-state index in [1.165, 1.54) is 25.2 Å². The highest BCUT2D eigenvalue weighted by atomic mass is 16.5. The minimum Gasteiger partial charge on any atom is -0.497 e. The number of hydrogen-bond acceptors (Lipinski definition) is 4. The van der Waals surface area contributed by atoms with E-state index in [0.29, 0.717) is 0 Å². The smallest absolute Gasteiger partial charge is 0.119 e. The Morgan fingerprint density at radius 1 is 1.17 bits per heavy atom. The van der Waals surface area contributed by atoms with E-state index in [-0.39, 0.29) is 5.54 Å². The molecule has 1 fully saturated rings. The number of rotatable bonds is 7. The Kier molecular flexibility index (Phi) is 6.31. The van der Waals surface area contributed by atoms with Crippen LogP contribution in [-0.4, -0.2) is 68.8 Å². The zero-order valence-corrected chi connectivity index (χ0v) is 15.5. The van der Waals surface area contributed by atoms with Gasteiger partial charge in [0.2, 0.25) is 0 Å². The van der Waals surface area contributed by atoms with E-state index >= 15 is 0 Å². The van der Waals surface area contributed by atoms with Crippen LogP contribution in [0.1, 0.15) is 27.2 Å². The highest BCUT2D eigenvalue weighted by Crippen LogP contribution is 2.29. The second kappa shape index (κ2) is 8.02. The molecule has 1 aromatic rings. The molecule has 0 saturated carbocycles. The fourth-order valence-electron chi connectivity index (χ4n) is 3.41. The van der Waals surface area contributed by atoms with Crippen molar-refractivity contribution in [3.05, 3.63) is 24.3 Å². The molecule has 1 heterocycles. The molecule has 23 heavy (non-hydrogen) atoms. The Hall–Kier alpha value is -1.26. The molecule has 0 spiro atoms. The van der Waals surface area contributed by atoms with E-state index in [0.717, 1.165) is 31.9 Å². The molecule has 130 valence electrons. The maximum atomic E-state index is 5.27. The third-order valence-corrected chi connectivity index (χ3v) is 4.92. The van der Waals surface area contributed by atoms with Crippen LogP contribution < -0.4 is 9.64 Å². The normalized spacial score (nSPS) is 18.4. The van der Waals surface area contributed by atoms with Gasteiger partial charge in [0, 0.05) is 30.9 Å². The number of nitrogens with zero attached hydrogens (tertiary/aromatic N) is 3. The first-order chi connectivity index (χ1) is 11.0. The standard InChI is InChI=1S/C19H33N3O/c1-6-20(4)12-7-13-21-14-15-22(19(2,3)16-21)17-8-10-18(23-5)11-9-17/h8-11H,6-7,12-16H2,1-5H3. The molecule has 4 heteroatoms. The van der Waals surface area contributed by atoms with Crippen molar-refractivity contribution in [1.29, 1.82) is 0 Å². The van der Waals surface area contributed by atoms with E-state index in [9.17, 15) is 0 Å². The van der Waals surface area contributed by atoms with E-state index in [1.807, 2.05) is 0 Å². The van der Waals surface area contributed by atoms with Gasteiger partial charge >= 0.3 is 0 Å². The van der Waals surface area contributed by atoms with Crippen LogP contribution in [0.15, 0.2) is 24.3 Å². The molecule has 0 aromatic heterocycles. The Morgan fingerprint density at radius 2 is 1.87 bits per heavy atom. The molecule has 1 saturated heterocycles.